The number of rotatable bonds is 5. The Morgan fingerprint density at radius 1 is 1.55 bits per heavy atom. The molecule has 1 aromatic rings. The lowest BCUT2D eigenvalue weighted by Crippen LogP contribution is -2.40. The van der Waals surface area contributed by atoms with Crippen molar-refractivity contribution >= 4 is 16.0 Å². The number of nitrogens with zero attached hydrogens (tertiary/aromatic N) is 1. The Bertz CT molecular complexity index is 711. The van der Waals surface area contributed by atoms with Gasteiger partial charge in [-0.05, 0) is 30.7 Å². The van der Waals surface area contributed by atoms with E-state index in [1.54, 1.807) is 0 Å². The second-order valence-corrected chi connectivity index (χ2v) is 5.69. The summed E-state index contributed by atoms with van der Waals surface area (Å²) < 4.78 is 26.3. The molecule has 7 heteroatoms. The molecular formula is C13H12N2O4S. The fourth-order valence-electron chi connectivity index (χ4n) is 1.57. The summed E-state index contributed by atoms with van der Waals surface area (Å²) in [7, 11) is -4.02. The number of benzene rings is 1. The molecular weight excluding hydrogens is 280 g/mol. The second-order valence-electron chi connectivity index (χ2n) is 4.01. The van der Waals surface area contributed by atoms with Crippen molar-refractivity contribution in [2.24, 2.45) is 0 Å². The molecule has 1 atom stereocenters. The molecule has 6 nitrogen and oxygen atoms in total. The van der Waals surface area contributed by atoms with Crippen LogP contribution in [0.1, 0.15) is 17.5 Å². The summed E-state index contributed by atoms with van der Waals surface area (Å²) in [5.41, 5.74) is 0.668. The maximum absolute atomic E-state index is 12.1. The molecule has 0 aliphatic heterocycles. The summed E-state index contributed by atoms with van der Waals surface area (Å²) in [5, 5.41) is 17.6. The van der Waals surface area contributed by atoms with Crippen LogP contribution >= 0.6 is 0 Å². The first-order valence-corrected chi connectivity index (χ1v) is 6.99. The van der Waals surface area contributed by atoms with Crippen LogP contribution in [0.4, 0.5) is 0 Å². The third kappa shape index (κ3) is 3.58. The van der Waals surface area contributed by atoms with E-state index in [-0.39, 0.29) is 11.3 Å². The van der Waals surface area contributed by atoms with Crippen LogP contribution in [0.15, 0.2) is 23.1 Å². The lowest BCUT2D eigenvalue weighted by molar-refractivity contribution is -0.138. The summed E-state index contributed by atoms with van der Waals surface area (Å²) in [6, 6.07) is 4.51. The van der Waals surface area contributed by atoms with Gasteiger partial charge in [-0.25, -0.2) is 8.42 Å². The molecule has 0 aliphatic rings. The average Bonchev–Trinajstić information content (AvgIpc) is 2.37. The molecule has 0 spiro atoms. The van der Waals surface area contributed by atoms with Gasteiger partial charge < -0.3 is 5.11 Å². The van der Waals surface area contributed by atoms with E-state index in [0.29, 0.717) is 11.1 Å². The minimum Gasteiger partial charge on any atom is -0.480 e. The number of aryl methyl sites for hydroxylation is 1. The zero-order valence-corrected chi connectivity index (χ0v) is 11.4. The maximum atomic E-state index is 12.1. The van der Waals surface area contributed by atoms with Gasteiger partial charge in [-0.3, -0.25) is 4.79 Å². The van der Waals surface area contributed by atoms with Gasteiger partial charge >= 0.3 is 5.97 Å². The van der Waals surface area contributed by atoms with Gasteiger partial charge in [-0.1, -0.05) is 0 Å². The first kappa shape index (κ1) is 15.7. The Balaban J connectivity index is 3.15. The maximum Gasteiger partial charge on any atom is 0.322 e. The fourth-order valence-corrected chi connectivity index (χ4v) is 2.98. The van der Waals surface area contributed by atoms with E-state index in [9.17, 15) is 13.2 Å². The van der Waals surface area contributed by atoms with Crippen LogP contribution < -0.4 is 4.72 Å². The Hall–Kier alpha value is -2.35. The number of nitrogens with one attached hydrogen (secondary N) is 1. The molecule has 0 saturated heterocycles. The number of hydrogen-bond donors (Lipinski definition) is 2. The highest BCUT2D eigenvalue weighted by Crippen LogP contribution is 2.17. The number of terminal acetylenes is 1. The number of hydrogen-bond acceptors (Lipinski definition) is 4. The third-order valence-electron chi connectivity index (χ3n) is 2.51. The van der Waals surface area contributed by atoms with Gasteiger partial charge in [0.15, 0.2) is 0 Å². The summed E-state index contributed by atoms with van der Waals surface area (Å²) in [5.74, 6) is 0.756. The summed E-state index contributed by atoms with van der Waals surface area (Å²) in [4.78, 5) is 10.8. The van der Waals surface area contributed by atoms with Crippen LogP contribution in [0.2, 0.25) is 0 Å². The number of carboxylic acids is 1. The van der Waals surface area contributed by atoms with E-state index >= 15 is 0 Å². The molecule has 0 aromatic heterocycles. The van der Waals surface area contributed by atoms with Crippen LogP contribution in [-0.4, -0.2) is 25.5 Å². The Morgan fingerprint density at radius 3 is 2.65 bits per heavy atom. The standard InChI is InChI=1S/C13H12N2O4S/c1-3-4-11(13(16)17)15-20(18,19)12-6-5-10(8-14)7-9(12)2/h1,5-7,11,15H,4H2,2H3,(H,16,17). The average molecular weight is 292 g/mol. The van der Waals surface area contributed by atoms with Crippen LogP contribution in [0.25, 0.3) is 0 Å². The van der Waals surface area contributed by atoms with Gasteiger partial charge in [0.05, 0.1) is 16.5 Å². The van der Waals surface area contributed by atoms with Gasteiger partial charge in [0.1, 0.15) is 6.04 Å². The SMILES string of the molecule is C#CCC(NS(=O)(=O)c1ccc(C#N)cc1C)C(=O)O. The van der Waals surface area contributed by atoms with E-state index in [0.717, 1.165) is 0 Å². The summed E-state index contributed by atoms with van der Waals surface area (Å²) in [6.07, 6.45) is 4.75. The molecule has 104 valence electrons. The van der Waals surface area contributed by atoms with Crippen molar-refractivity contribution < 1.29 is 18.3 Å². The molecule has 1 aromatic carbocycles. The molecule has 0 amide bonds. The first-order chi connectivity index (χ1) is 9.31. The molecule has 0 saturated carbocycles. The number of carboxylic acid groups (broad SMARTS) is 1. The number of aliphatic carboxylic acids is 1. The minimum absolute atomic E-state index is 0.0835. The molecule has 0 radical (unpaired) electrons. The van der Waals surface area contributed by atoms with Crippen molar-refractivity contribution in [2.45, 2.75) is 24.3 Å². The Labute approximate surface area is 117 Å². The van der Waals surface area contributed by atoms with Gasteiger partial charge in [-0.2, -0.15) is 9.98 Å². The predicted molar refractivity (Wildman–Crippen MR) is 71.1 cm³/mol. The number of carbonyl (C=O) groups is 1. The van der Waals surface area contributed by atoms with E-state index in [4.69, 9.17) is 16.8 Å². The van der Waals surface area contributed by atoms with E-state index < -0.39 is 22.0 Å². The molecule has 1 rings (SSSR count). The quantitative estimate of drug-likeness (QED) is 0.774. The van der Waals surface area contributed by atoms with E-state index in [1.807, 2.05) is 10.8 Å². The molecule has 0 aliphatic carbocycles. The zero-order chi connectivity index (χ0) is 15.3. The minimum atomic E-state index is -4.02. The smallest absolute Gasteiger partial charge is 0.322 e. The Morgan fingerprint density at radius 2 is 2.20 bits per heavy atom. The molecule has 2 N–H and O–H groups in total. The lowest BCUT2D eigenvalue weighted by Gasteiger charge is -2.14. The highest BCUT2D eigenvalue weighted by molar-refractivity contribution is 7.89. The highest BCUT2D eigenvalue weighted by atomic mass is 32.2. The predicted octanol–water partition coefficient (Wildman–Crippen LogP) is 0.622. The van der Waals surface area contributed by atoms with Crippen LogP contribution in [0.5, 0.6) is 0 Å². The van der Waals surface area contributed by atoms with Crippen LogP contribution in [-0.2, 0) is 14.8 Å². The van der Waals surface area contributed by atoms with Crippen molar-refractivity contribution in [2.75, 3.05) is 0 Å². The molecule has 0 fully saturated rings. The molecule has 20 heavy (non-hydrogen) atoms. The van der Waals surface area contributed by atoms with E-state index in [1.165, 1.54) is 25.1 Å². The molecule has 0 bridgehead atoms. The lowest BCUT2D eigenvalue weighted by atomic mass is 10.2. The number of sulfonamides is 1. The summed E-state index contributed by atoms with van der Waals surface area (Å²) >= 11 is 0. The zero-order valence-electron chi connectivity index (χ0n) is 10.6. The highest BCUT2D eigenvalue weighted by Gasteiger charge is 2.25. The fraction of sp³-hybridized carbons (Fsp3) is 0.231. The van der Waals surface area contributed by atoms with Gasteiger partial charge in [0, 0.05) is 6.42 Å². The van der Waals surface area contributed by atoms with Crippen molar-refractivity contribution in [1.29, 1.82) is 5.26 Å². The van der Waals surface area contributed by atoms with Gasteiger partial charge in [0.2, 0.25) is 10.0 Å². The normalized spacial score (nSPS) is 12.2. The second kappa shape index (κ2) is 6.20. The van der Waals surface area contributed by atoms with Crippen molar-refractivity contribution in [3.63, 3.8) is 0 Å². The molecule has 0 heterocycles. The van der Waals surface area contributed by atoms with E-state index in [2.05, 4.69) is 5.92 Å². The Kier molecular flexibility index (Phi) is 4.87. The van der Waals surface area contributed by atoms with Crippen LogP contribution in [0.3, 0.4) is 0 Å². The number of nitriles is 1. The van der Waals surface area contributed by atoms with Crippen molar-refractivity contribution in [3.05, 3.63) is 29.3 Å². The van der Waals surface area contributed by atoms with Crippen molar-refractivity contribution in [1.82, 2.24) is 4.72 Å². The van der Waals surface area contributed by atoms with Crippen LogP contribution in [0, 0.1) is 30.6 Å². The summed E-state index contributed by atoms with van der Waals surface area (Å²) in [6.45, 7) is 1.52. The van der Waals surface area contributed by atoms with Gasteiger partial charge in [0.25, 0.3) is 0 Å². The first-order valence-electron chi connectivity index (χ1n) is 5.51. The van der Waals surface area contributed by atoms with Crippen molar-refractivity contribution in [3.8, 4) is 18.4 Å². The monoisotopic (exact) mass is 292 g/mol. The topological polar surface area (TPSA) is 107 Å². The van der Waals surface area contributed by atoms with Gasteiger partial charge in [-0.15, -0.1) is 12.3 Å². The third-order valence-corrected chi connectivity index (χ3v) is 4.14. The molecule has 1 unspecified atom stereocenters. The largest absolute Gasteiger partial charge is 0.480 e.